The molecule has 0 aliphatic heterocycles. The summed E-state index contributed by atoms with van der Waals surface area (Å²) < 4.78 is 16.8. The molecule has 82 heavy (non-hydrogen) atoms. The summed E-state index contributed by atoms with van der Waals surface area (Å²) in [7, 11) is 0. The maximum Gasteiger partial charge on any atom is 0.306 e. The number of esters is 3. The Hall–Kier alpha value is -3.67. The van der Waals surface area contributed by atoms with E-state index in [1.54, 1.807) is 0 Å². The highest BCUT2D eigenvalue weighted by molar-refractivity contribution is 5.71. The van der Waals surface area contributed by atoms with Crippen molar-refractivity contribution in [2.75, 3.05) is 13.2 Å². The first kappa shape index (κ1) is 78.3. The first-order chi connectivity index (χ1) is 40.5. The van der Waals surface area contributed by atoms with Crippen molar-refractivity contribution in [2.24, 2.45) is 0 Å². The first-order valence-corrected chi connectivity index (χ1v) is 35.2. The topological polar surface area (TPSA) is 78.9 Å². The predicted octanol–water partition coefficient (Wildman–Crippen LogP) is 24.4. The lowest BCUT2D eigenvalue weighted by Gasteiger charge is -2.18. The van der Waals surface area contributed by atoms with Crippen molar-refractivity contribution in [3.05, 3.63) is 97.2 Å². The summed E-state index contributed by atoms with van der Waals surface area (Å²) >= 11 is 0. The van der Waals surface area contributed by atoms with Crippen LogP contribution in [0, 0.1) is 0 Å². The number of hydrogen-bond acceptors (Lipinski definition) is 6. The molecule has 6 heteroatoms. The SMILES string of the molecule is CC/C=C\C/C=C\C/C=C\C/C=C\C/C=C\C/C=C\C/C=C\C/C=C\CCCCCCC(=O)OC(COC(=O)CCCCCCC)COC(=O)CCCCCCCCCCCCCCCCCCCCCCCCCCCCCCCC. The van der Waals surface area contributed by atoms with Gasteiger partial charge >= 0.3 is 17.9 Å². The van der Waals surface area contributed by atoms with Crippen LogP contribution in [-0.2, 0) is 28.6 Å². The molecule has 0 aliphatic rings. The van der Waals surface area contributed by atoms with Crippen LogP contribution in [0.25, 0.3) is 0 Å². The molecule has 0 saturated heterocycles. The van der Waals surface area contributed by atoms with E-state index in [-0.39, 0.29) is 31.1 Å². The third-order valence-corrected chi connectivity index (χ3v) is 15.4. The van der Waals surface area contributed by atoms with Crippen LogP contribution in [0.3, 0.4) is 0 Å². The minimum Gasteiger partial charge on any atom is -0.462 e. The summed E-state index contributed by atoms with van der Waals surface area (Å²) in [5.74, 6) is -0.913. The Morgan fingerprint density at radius 3 is 0.744 bits per heavy atom. The Morgan fingerprint density at radius 1 is 0.256 bits per heavy atom. The zero-order valence-corrected chi connectivity index (χ0v) is 54.2. The van der Waals surface area contributed by atoms with Gasteiger partial charge in [0.25, 0.3) is 0 Å². The molecule has 1 atom stereocenters. The largest absolute Gasteiger partial charge is 0.462 e. The molecule has 6 nitrogen and oxygen atoms in total. The Bertz CT molecular complexity index is 1590. The summed E-state index contributed by atoms with van der Waals surface area (Å²) in [6.07, 6.45) is 95.0. The van der Waals surface area contributed by atoms with Crippen molar-refractivity contribution in [3.63, 3.8) is 0 Å². The highest BCUT2D eigenvalue weighted by Gasteiger charge is 2.19. The van der Waals surface area contributed by atoms with E-state index in [1.807, 2.05) is 0 Å². The zero-order chi connectivity index (χ0) is 59.2. The van der Waals surface area contributed by atoms with Gasteiger partial charge in [-0.2, -0.15) is 0 Å². The van der Waals surface area contributed by atoms with Crippen LogP contribution in [0.1, 0.15) is 348 Å². The number of carbonyl (C=O) groups is 3. The average Bonchev–Trinajstić information content (AvgIpc) is 3.47. The molecule has 0 aliphatic carbocycles. The number of carbonyl (C=O) groups excluding carboxylic acids is 3. The summed E-state index contributed by atoms with van der Waals surface area (Å²) in [6, 6.07) is 0. The van der Waals surface area contributed by atoms with Crippen molar-refractivity contribution in [1.82, 2.24) is 0 Å². The Kier molecular flexibility index (Phi) is 66.7. The lowest BCUT2D eigenvalue weighted by Crippen LogP contribution is -2.30. The number of hydrogen-bond donors (Lipinski definition) is 0. The van der Waals surface area contributed by atoms with Gasteiger partial charge in [-0.05, 0) is 83.5 Å². The molecule has 0 fully saturated rings. The van der Waals surface area contributed by atoms with Crippen LogP contribution in [-0.4, -0.2) is 37.2 Å². The molecule has 472 valence electrons. The number of unbranched alkanes of at least 4 members (excludes halogenated alkanes) is 37. The fourth-order valence-electron chi connectivity index (χ4n) is 10.1. The lowest BCUT2D eigenvalue weighted by atomic mass is 10.0. The minimum absolute atomic E-state index is 0.0853. The first-order valence-electron chi connectivity index (χ1n) is 35.2. The lowest BCUT2D eigenvalue weighted by molar-refractivity contribution is -0.167. The summed E-state index contributed by atoms with van der Waals surface area (Å²) in [4.78, 5) is 38.0. The van der Waals surface area contributed by atoms with Crippen LogP contribution < -0.4 is 0 Å². The van der Waals surface area contributed by atoms with E-state index in [1.165, 1.54) is 180 Å². The van der Waals surface area contributed by atoms with Gasteiger partial charge in [0.1, 0.15) is 13.2 Å². The van der Waals surface area contributed by atoms with E-state index >= 15 is 0 Å². The van der Waals surface area contributed by atoms with Gasteiger partial charge in [0.15, 0.2) is 6.10 Å². The van der Waals surface area contributed by atoms with Gasteiger partial charge < -0.3 is 14.2 Å². The molecule has 0 aromatic rings. The molecule has 0 heterocycles. The smallest absolute Gasteiger partial charge is 0.306 e. The second kappa shape index (κ2) is 69.8. The number of rotatable bonds is 64. The third-order valence-electron chi connectivity index (χ3n) is 15.4. The maximum absolute atomic E-state index is 12.8. The Balaban J connectivity index is 4.03. The van der Waals surface area contributed by atoms with Crippen molar-refractivity contribution in [3.8, 4) is 0 Å². The fourth-order valence-corrected chi connectivity index (χ4v) is 10.1. The Morgan fingerprint density at radius 2 is 0.476 bits per heavy atom. The van der Waals surface area contributed by atoms with Crippen LogP contribution in [0.5, 0.6) is 0 Å². The van der Waals surface area contributed by atoms with Crippen LogP contribution in [0.2, 0.25) is 0 Å². The van der Waals surface area contributed by atoms with E-state index in [9.17, 15) is 14.4 Å². The molecule has 0 rings (SSSR count). The van der Waals surface area contributed by atoms with Crippen LogP contribution in [0.4, 0.5) is 0 Å². The molecule has 0 bridgehead atoms. The molecule has 0 N–H and O–H groups in total. The number of ether oxygens (including phenoxy) is 3. The zero-order valence-electron chi connectivity index (χ0n) is 54.2. The molecule has 0 aromatic carbocycles. The van der Waals surface area contributed by atoms with Gasteiger partial charge in [-0.15, -0.1) is 0 Å². The maximum atomic E-state index is 12.8. The highest BCUT2D eigenvalue weighted by atomic mass is 16.6. The fraction of sp³-hybridized carbons (Fsp3) is 0.750. The molecule has 1 unspecified atom stereocenters. The van der Waals surface area contributed by atoms with Crippen LogP contribution >= 0.6 is 0 Å². The molecular formula is C76H132O6. The molecule has 0 saturated carbocycles. The van der Waals surface area contributed by atoms with E-state index in [0.29, 0.717) is 19.3 Å². The van der Waals surface area contributed by atoms with E-state index in [2.05, 4.69) is 118 Å². The van der Waals surface area contributed by atoms with Crippen molar-refractivity contribution in [2.45, 2.75) is 354 Å². The van der Waals surface area contributed by atoms with Gasteiger partial charge in [0, 0.05) is 19.3 Å². The molecule has 0 spiro atoms. The molecular weight excluding hydrogens is 1010 g/mol. The van der Waals surface area contributed by atoms with Gasteiger partial charge in [0.2, 0.25) is 0 Å². The second-order valence-electron chi connectivity index (χ2n) is 23.4. The second-order valence-corrected chi connectivity index (χ2v) is 23.4. The van der Waals surface area contributed by atoms with E-state index in [0.717, 1.165) is 128 Å². The number of allylic oxidation sites excluding steroid dienone is 16. The predicted molar refractivity (Wildman–Crippen MR) is 357 cm³/mol. The average molecular weight is 1140 g/mol. The van der Waals surface area contributed by atoms with Gasteiger partial charge in [-0.25, -0.2) is 0 Å². The van der Waals surface area contributed by atoms with E-state index < -0.39 is 6.10 Å². The van der Waals surface area contributed by atoms with E-state index in [4.69, 9.17) is 14.2 Å². The molecule has 0 amide bonds. The van der Waals surface area contributed by atoms with Gasteiger partial charge in [0.05, 0.1) is 0 Å². The summed E-state index contributed by atoms with van der Waals surface area (Å²) in [5, 5.41) is 0. The monoisotopic (exact) mass is 1140 g/mol. The Labute approximate surface area is 508 Å². The van der Waals surface area contributed by atoms with Crippen molar-refractivity contribution < 1.29 is 28.6 Å². The molecule has 0 aromatic heterocycles. The standard InChI is InChI=1S/C76H132O6/c1-4-7-10-13-15-17-19-21-23-25-27-29-31-33-35-37-39-40-42-44-46-48-50-52-54-56-58-60-63-66-69-75(78)81-72-73(71-80-74(77)68-65-62-12-9-6-3)82-76(79)70-67-64-61-59-57-55-53-51-49-47-45-43-41-38-36-34-32-30-28-26-24-22-20-18-16-14-11-8-5-2/h8,11,16,18,22,24,28,30,34,36,41,43,47,49,53,55,73H,4-7,9-10,12-15,17,19-21,23,25-27,29,31-33,35,37-40,42,44-46,48,50-52,54,56-72H2,1-3H3/b11-8-,18-16-,24-22-,30-28-,36-34-,43-41-,49-47-,55-53-. The van der Waals surface area contributed by atoms with Gasteiger partial charge in [-0.1, -0.05) is 343 Å². The van der Waals surface area contributed by atoms with Gasteiger partial charge in [-0.3, -0.25) is 14.4 Å². The normalized spacial score (nSPS) is 12.7. The molecule has 0 radical (unpaired) electrons. The summed E-state index contributed by atoms with van der Waals surface area (Å²) in [6.45, 7) is 6.46. The highest BCUT2D eigenvalue weighted by Crippen LogP contribution is 2.18. The van der Waals surface area contributed by atoms with Crippen molar-refractivity contribution >= 4 is 17.9 Å². The summed E-state index contributed by atoms with van der Waals surface area (Å²) in [5.41, 5.74) is 0. The van der Waals surface area contributed by atoms with Crippen molar-refractivity contribution in [1.29, 1.82) is 0 Å². The third kappa shape index (κ3) is 67.1. The quantitative estimate of drug-likeness (QED) is 0.0261. The minimum atomic E-state index is -0.788. The van der Waals surface area contributed by atoms with Crippen LogP contribution in [0.15, 0.2) is 97.2 Å².